The summed E-state index contributed by atoms with van der Waals surface area (Å²) in [6, 6.07) is 4.61. The third kappa shape index (κ3) is 2.88. The summed E-state index contributed by atoms with van der Waals surface area (Å²) in [7, 11) is 0. The topological polar surface area (TPSA) is 81.8 Å². The van der Waals surface area contributed by atoms with E-state index in [0.29, 0.717) is 12.4 Å². The summed E-state index contributed by atoms with van der Waals surface area (Å²) >= 11 is 0. The average molecular weight is 237 g/mol. The number of anilines is 1. The Labute approximate surface area is 99.1 Å². The molecule has 1 heterocycles. The van der Waals surface area contributed by atoms with Crippen molar-refractivity contribution in [2.24, 2.45) is 0 Å². The van der Waals surface area contributed by atoms with Gasteiger partial charge in [-0.25, -0.2) is 4.79 Å². The van der Waals surface area contributed by atoms with E-state index in [0.717, 1.165) is 19.4 Å². The Morgan fingerprint density at radius 2 is 2.35 bits per heavy atom. The highest BCUT2D eigenvalue weighted by Crippen LogP contribution is 2.22. The molecule has 1 aromatic carbocycles. The van der Waals surface area contributed by atoms with E-state index in [9.17, 15) is 4.79 Å². The van der Waals surface area contributed by atoms with Crippen LogP contribution in [0, 0.1) is 0 Å². The van der Waals surface area contributed by atoms with Crippen LogP contribution in [0.15, 0.2) is 18.2 Å². The average Bonchev–Trinajstić information content (AvgIpc) is 2.30. The number of rotatable bonds is 3. The predicted octanol–water partition coefficient (Wildman–Crippen LogP) is 1.52. The van der Waals surface area contributed by atoms with Gasteiger partial charge in [0.1, 0.15) is 11.9 Å². The van der Waals surface area contributed by atoms with Crippen molar-refractivity contribution < 1.29 is 19.4 Å². The van der Waals surface area contributed by atoms with E-state index >= 15 is 0 Å². The maximum atomic E-state index is 10.8. The largest absolute Gasteiger partial charge is 0.488 e. The van der Waals surface area contributed by atoms with Gasteiger partial charge in [0.15, 0.2) is 0 Å². The summed E-state index contributed by atoms with van der Waals surface area (Å²) in [5.74, 6) is -0.446. The minimum Gasteiger partial charge on any atom is -0.488 e. The number of carbonyl (C=O) groups is 1. The van der Waals surface area contributed by atoms with E-state index in [4.69, 9.17) is 20.3 Å². The van der Waals surface area contributed by atoms with Crippen LogP contribution in [0.1, 0.15) is 23.2 Å². The summed E-state index contributed by atoms with van der Waals surface area (Å²) in [5.41, 5.74) is 5.94. The molecule has 0 radical (unpaired) electrons. The van der Waals surface area contributed by atoms with Crippen LogP contribution in [0.4, 0.5) is 5.69 Å². The van der Waals surface area contributed by atoms with Crippen LogP contribution in [0.25, 0.3) is 0 Å². The molecule has 1 saturated heterocycles. The highest BCUT2D eigenvalue weighted by molar-refractivity contribution is 5.93. The van der Waals surface area contributed by atoms with E-state index in [1.165, 1.54) is 12.1 Å². The zero-order valence-electron chi connectivity index (χ0n) is 9.39. The molecule has 5 nitrogen and oxygen atoms in total. The Morgan fingerprint density at radius 1 is 1.53 bits per heavy atom. The van der Waals surface area contributed by atoms with Crippen LogP contribution in [0.3, 0.4) is 0 Å². The third-order valence-corrected chi connectivity index (χ3v) is 2.67. The van der Waals surface area contributed by atoms with Gasteiger partial charge in [0, 0.05) is 18.4 Å². The van der Waals surface area contributed by atoms with Gasteiger partial charge in [0.25, 0.3) is 0 Å². The van der Waals surface area contributed by atoms with Crippen molar-refractivity contribution >= 4 is 11.7 Å². The molecule has 1 aromatic rings. The molecule has 0 spiro atoms. The van der Waals surface area contributed by atoms with Gasteiger partial charge in [-0.1, -0.05) is 0 Å². The molecule has 0 aromatic heterocycles. The number of ether oxygens (including phenoxy) is 2. The molecule has 5 heteroatoms. The van der Waals surface area contributed by atoms with Gasteiger partial charge in [-0.3, -0.25) is 0 Å². The lowest BCUT2D eigenvalue weighted by molar-refractivity contribution is 0.00745. The van der Waals surface area contributed by atoms with Gasteiger partial charge >= 0.3 is 5.97 Å². The molecule has 1 atom stereocenters. The Kier molecular flexibility index (Phi) is 3.49. The number of hydrogen-bond donors (Lipinski definition) is 2. The number of carboxylic acid groups (broad SMARTS) is 1. The highest BCUT2D eigenvalue weighted by atomic mass is 16.5. The second kappa shape index (κ2) is 5.05. The van der Waals surface area contributed by atoms with Crippen LogP contribution in [-0.2, 0) is 4.74 Å². The number of aromatic carboxylic acids is 1. The molecule has 1 unspecified atom stereocenters. The van der Waals surface area contributed by atoms with Gasteiger partial charge in [-0.2, -0.15) is 0 Å². The minimum absolute atomic E-state index is 0.0267. The molecule has 92 valence electrons. The minimum atomic E-state index is -1.03. The second-order valence-electron chi connectivity index (χ2n) is 4.01. The fraction of sp³-hybridized carbons (Fsp3) is 0.417. The lowest BCUT2D eigenvalue weighted by Crippen LogP contribution is -2.28. The summed E-state index contributed by atoms with van der Waals surface area (Å²) in [6.45, 7) is 1.35. The number of nitrogens with two attached hydrogens (primary N) is 1. The maximum Gasteiger partial charge on any atom is 0.337 e. The monoisotopic (exact) mass is 237 g/mol. The zero-order chi connectivity index (χ0) is 12.3. The Morgan fingerprint density at radius 3 is 2.94 bits per heavy atom. The van der Waals surface area contributed by atoms with Crippen molar-refractivity contribution in [3.8, 4) is 5.75 Å². The van der Waals surface area contributed by atoms with Crippen molar-refractivity contribution in [1.29, 1.82) is 0 Å². The molecule has 0 aliphatic carbocycles. The van der Waals surface area contributed by atoms with Crippen LogP contribution in [0.5, 0.6) is 5.75 Å². The summed E-state index contributed by atoms with van der Waals surface area (Å²) in [6.07, 6.45) is 1.95. The molecule has 17 heavy (non-hydrogen) atoms. The smallest absolute Gasteiger partial charge is 0.337 e. The van der Waals surface area contributed by atoms with Crippen LogP contribution in [-0.4, -0.2) is 30.4 Å². The molecule has 1 fully saturated rings. The predicted molar refractivity (Wildman–Crippen MR) is 62.3 cm³/mol. The van der Waals surface area contributed by atoms with Gasteiger partial charge in [-0.05, 0) is 25.0 Å². The molecule has 1 aliphatic heterocycles. The van der Waals surface area contributed by atoms with Crippen LogP contribution in [0.2, 0.25) is 0 Å². The first-order chi connectivity index (χ1) is 8.16. The van der Waals surface area contributed by atoms with Crippen molar-refractivity contribution in [3.05, 3.63) is 23.8 Å². The third-order valence-electron chi connectivity index (χ3n) is 2.67. The Bertz CT molecular complexity index is 413. The fourth-order valence-electron chi connectivity index (χ4n) is 1.81. The van der Waals surface area contributed by atoms with Gasteiger partial charge in [0.2, 0.25) is 0 Å². The lowest BCUT2D eigenvalue weighted by Gasteiger charge is -2.23. The lowest BCUT2D eigenvalue weighted by atomic mass is 10.1. The molecule has 3 N–H and O–H groups in total. The Balaban J connectivity index is 2.06. The summed E-state index contributed by atoms with van der Waals surface area (Å²) < 4.78 is 11.0. The highest BCUT2D eigenvalue weighted by Gasteiger charge is 2.16. The standard InChI is InChI=1S/C12H15NO4/c13-11-6-8(3-4-10(11)12(14)15)17-9-2-1-5-16-7-9/h3-4,6,9H,1-2,5,7,13H2,(H,14,15). The quantitative estimate of drug-likeness (QED) is 0.779. The first kappa shape index (κ1) is 11.7. The maximum absolute atomic E-state index is 10.8. The van der Waals surface area contributed by atoms with Crippen molar-refractivity contribution in [3.63, 3.8) is 0 Å². The van der Waals surface area contributed by atoms with Crippen molar-refractivity contribution in [1.82, 2.24) is 0 Å². The van der Waals surface area contributed by atoms with Crippen LogP contribution >= 0.6 is 0 Å². The van der Waals surface area contributed by atoms with E-state index in [1.807, 2.05) is 0 Å². The van der Waals surface area contributed by atoms with Crippen LogP contribution < -0.4 is 10.5 Å². The zero-order valence-corrected chi connectivity index (χ0v) is 9.39. The number of carboxylic acids is 1. The molecule has 0 bridgehead atoms. The number of nitrogen functional groups attached to an aromatic ring is 1. The first-order valence-electron chi connectivity index (χ1n) is 5.54. The van der Waals surface area contributed by atoms with E-state index in [1.54, 1.807) is 6.07 Å². The molecule has 0 amide bonds. The van der Waals surface area contributed by atoms with Gasteiger partial charge in [0.05, 0.1) is 12.2 Å². The van der Waals surface area contributed by atoms with Crippen molar-refractivity contribution in [2.75, 3.05) is 18.9 Å². The van der Waals surface area contributed by atoms with E-state index in [2.05, 4.69) is 0 Å². The van der Waals surface area contributed by atoms with E-state index < -0.39 is 5.97 Å². The fourth-order valence-corrected chi connectivity index (χ4v) is 1.81. The summed E-state index contributed by atoms with van der Waals surface area (Å²) in [5, 5.41) is 8.84. The molecule has 1 aliphatic rings. The normalized spacial score (nSPS) is 19.9. The van der Waals surface area contributed by atoms with E-state index in [-0.39, 0.29) is 17.4 Å². The first-order valence-corrected chi connectivity index (χ1v) is 5.54. The van der Waals surface area contributed by atoms with Gasteiger partial charge in [-0.15, -0.1) is 0 Å². The summed E-state index contributed by atoms with van der Waals surface area (Å²) in [4.78, 5) is 10.8. The molecular formula is C12H15NO4. The SMILES string of the molecule is Nc1cc(OC2CCCOC2)ccc1C(=O)O. The molecule has 2 rings (SSSR count). The molecular weight excluding hydrogens is 222 g/mol. The molecule has 0 saturated carbocycles. The van der Waals surface area contributed by atoms with Crippen molar-refractivity contribution in [2.45, 2.75) is 18.9 Å². The van der Waals surface area contributed by atoms with Gasteiger partial charge < -0.3 is 20.3 Å². The second-order valence-corrected chi connectivity index (χ2v) is 4.01. The number of benzene rings is 1. The number of hydrogen-bond acceptors (Lipinski definition) is 4. The Hall–Kier alpha value is -1.75.